The predicted molar refractivity (Wildman–Crippen MR) is 96.9 cm³/mol. The van der Waals surface area contributed by atoms with Crippen molar-refractivity contribution in [3.8, 4) is 6.07 Å². The van der Waals surface area contributed by atoms with Crippen LogP contribution in [0.3, 0.4) is 0 Å². The van der Waals surface area contributed by atoms with Crippen molar-refractivity contribution in [3.05, 3.63) is 58.7 Å². The van der Waals surface area contributed by atoms with Gasteiger partial charge in [0.15, 0.2) is 0 Å². The molecule has 0 radical (unpaired) electrons. The van der Waals surface area contributed by atoms with Gasteiger partial charge in [-0.2, -0.15) is 5.26 Å². The van der Waals surface area contributed by atoms with Gasteiger partial charge in [0.1, 0.15) is 17.6 Å². The third-order valence-corrected chi connectivity index (χ3v) is 3.87. The highest BCUT2D eigenvalue weighted by atomic mass is 35.5. The topological polar surface area (TPSA) is 87.0 Å². The van der Waals surface area contributed by atoms with E-state index in [1.165, 1.54) is 18.2 Å². The number of morpholine rings is 1. The molecule has 0 saturated carbocycles. The van der Waals surface area contributed by atoms with Gasteiger partial charge < -0.3 is 15.4 Å². The predicted octanol–water partition coefficient (Wildman–Crippen LogP) is 2.74. The molecular formula is C18H18ClFN4O2. The van der Waals surface area contributed by atoms with Crippen molar-refractivity contribution in [2.45, 2.75) is 13.0 Å². The minimum absolute atomic E-state index is 0. The summed E-state index contributed by atoms with van der Waals surface area (Å²) < 4.78 is 19.9. The van der Waals surface area contributed by atoms with Crippen LogP contribution in [-0.2, 0) is 4.74 Å². The number of anilines is 1. The number of halogens is 2. The van der Waals surface area contributed by atoms with Gasteiger partial charge in [-0.3, -0.25) is 4.79 Å². The number of aromatic nitrogens is 1. The Balaban J connectivity index is 0.00000243. The molecule has 1 fully saturated rings. The highest BCUT2D eigenvalue weighted by molar-refractivity contribution is 6.04. The van der Waals surface area contributed by atoms with E-state index in [4.69, 9.17) is 10.00 Å². The molecule has 2 N–H and O–H groups in total. The molecule has 2 aromatic rings. The number of aryl methyl sites for hydroxylation is 1. The number of rotatable bonds is 3. The maximum absolute atomic E-state index is 14.4. The lowest BCUT2D eigenvalue weighted by atomic mass is 10.1. The van der Waals surface area contributed by atoms with Gasteiger partial charge in [0.05, 0.1) is 18.4 Å². The van der Waals surface area contributed by atoms with Crippen LogP contribution in [0.25, 0.3) is 0 Å². The fraction of sp³-hybridized carbons (Fsp3) is 0.278. The number of ether oxygens (including phenoxy) is 1. The van der Waals surface area contributed by atoms with Crippen LogP contribution in [0.15, 0.2) is 30.3 Å². The molecule has 1 aliphatic heterocycles. The Bertz CT molecular complexity index is 848. The molecule has 8 heteroatoms. The van der Waals surface area contributed by atoms with Gasteiger partial charge in [0, 0.05) is 24.3 Å². The average Bonchev–Trinajstić information content (AvgIpc) is 2.63. The highest BCUT2D eigenvalue weighted by Gasteiger charge is 2.18. The fourth-order valence-electron chi connectivity index (χ4n) is 2.66. The lowest BCUT2D eigenvalue weighted by Crippen LogP contribution is -2.33. The zero-order chi connectivity index (χ0) is 17.8. The van der Waals surface area contributed by atoms with E-state index >= 15 is 0 Å². The maximum Gasteiger partial charge on any atom is 0.255 e. The molecule has 2 heterocycles. The summed E-state index contributed by atoms with van der Waals surface area (Å²) in [6.45, 7) is 3.67. The second kappa shape index (κ2) is 8.72. The molecule has 1 saturated heterocycles. The molecule has 1 aromatic heterocycles. The number of carbonyl (C=O) groups excluding carboxylic acids is 1. The number of carbonyl (C=O) groups is 1. The summed E-state index contributed by atoms with van der Waals surface area (Å²) in [4.78, 5) is 16.3. The second-order valence-corrected chi connectivity index (χ2v) is 5.75. The van der Waals surface area contributed by atoms with E-state index in [0.29, 0.717) is 24.4 Å². The zero-order valence-corrected chi connectivity index (χ0v) is 14.9. The summed E-state index contributed by atoms with van der Waals surface area (Å²) in [5.41, 5.74) is 1.73. The van der Waals surface area contributed by atoms with E-state index in [1.54, 1.807) is 19.1 Å². The molecule has 26 heavy (non-hydrogen) atoms. The minimum Gasteiger partial charge on any atom is -0.371 e. The Labute approximate surface area is 156 Å². The monoisotopic (exact) mass is 376 g/mol. The number of nitriles is 1. The van der Waals surface area contributed by atoms with Gasteiger partial charge >= 0.3 is 0 Å². The molecule has 0 spiro atoms. The summed E-state index contributed by atoms with van der Waals surface area (Å²) in [7, 11) is 0. The Morgan fingerprint density at radius 1 is 1.42 bits per heavy atom. The normalized spacial score (nSPS) is 16.3. The third kappa shape index (κ3) is 4.55. The number of nitrogens with zero attached hydrogens (tertiary/aromatic N) is 2. The number of nitrogens with one attached hydrogen (secondary N) is 2. The van der Waals surface area contributed by atoms with Gasteiger partial charge in [-0.15, -0.1) is 12.4 Å². The van der Waals surface area contributed by atoms with Crippen molar-refractivity contribution >= 4 is 24.0 Å². The summed E-state index contributed by atoms with van der Waals surface area (Å²) in [6.07, 6.45) is -0.200. The van der Waals surface area contributed by atoms with Crippen LogP contribution >= 0.6 is 12.4 Å². The lowest BCUT2D eigenvalue weighted by molar-refractivity contribution is 0.0275. The van der Waals surface area contributed by atoms with Crippen LogP contribution in [0, 0.1) is 24.1 Å². The van der Waals surface area contributed by atoms with Crippen LogP contribution in [0.4, 0.5) is 10.1 Å². The molecule has 1 aromatic carbocycles. The van der Waals surface area contributed by atoms with Crippen molar-refractivity contribution in [3.63, 3.8) is 0 Å². The van der Waals surface area contributed by atoms with Crippen molar-refractivity contribution in [2.75, 3.05) is 25.0 Å². The van der Waals surface area contributed by atoms with E-state index in [1.807, 2.05) is 6.07 Å². The number of amides is 1. The maximum atomic E-state index is 14.4. The molecule has 6 nitrogen and oxygen atoms in total. The lowest BCUT2D eigenvalue weighted by Gasteiger charge is -2.24. The fourth-order valence-corrected chi connectivity index (χ4v) is 2.66. The number of pyridine rings is 1. The minimum atomic E-state index is -0.536. The first kappa shape index (κ1) is 19.8. The SMILES string of the molecule is Cc1cc(C(=O)Nc2ccc(C3CNCCO3)cc2F)cc(C#N)n1.Cl. The molecule has 1 atom stereocenters. The Kier molecular flexibility index (Phi) is 6.64. The molecule has 3 rings (SSSR count). The number of benzene rings is 1. The highest BCUT2D eigenvalue weighted by Crippen LogP contribution is 2.24. The Morgan fingerprint density at radius 3 is 2.88 bits per heavy atom. The first-order valence-corrected chi connectivity index (χ1v) is 7.89. The average molecular weight is 377 g/mol. The van der Waals surface area contributed by atoms with Crippen LogP contribution in [0.2, 0.25) is 0 Å². The van der Waals surface area contributed by atoms with Crippen molar-refractivity contribution in [1.29, 1.82) is 5.26 Å². The van der Waals surface area contributed by atoms with Crippen LogP contribution < -0.4 is 10.6 Å². The smallest absolute Gasteiger partial charge is 0.255 e. The van der Waals surface area contributed by atoms with Gasteiger partial charge in [0.25, 0.3) is 5.91 Å². The van der Waals surface area contributed by atoms with E-state index < -0.39 is 11.7 Å². The first-order chi connectivity index (χ1) is 12.1. The summed E-state index contributed by atoms with van der Waals surface area (Å²) >= 11 is 0. The van der Waals surface area contributed by atoms with Crippen LogP contribution in [0.1, 0.15) is 33.4 Å². The van der Waals surface area contributed by atoms with E-state index in [9.17, 15) is 9.18 Å². The molecule has 0 bridgehead atoms. The van der Waals surface area contributed by atoms with Gasteiger partial charge in [-0.1, -0.05) is 6.07 Å². The Morgan fingerprint density at radius 2 is 2.23 bits per heavy atom. The summed E-state index contributed by atoms with van der Waals surface area (Å²) in [6, 6.07) is 9.43. The van der Waals surface area contributed by atoms with Crippen LogP contribution in [-0.4, -0.2) is 30.6 Å². The molecule has 1 unspecified atom stereocenters. The molecular weight excluding hydrogens is 359 g/mol. The van der Waals surface area contributed by atoms with E-state index in [0.717, 1.165) is 6.54 Å². The molecule has 136 valence electrons. The van der Waals surface area contributed by atoms with E-state index in [-0.39, 0.29) is 35.5 Å². The zero-order valence-electron chi connectivity index (χ0n) is 14.1. The van der Waals surface area contributed by atoms with Crippen LogP contribution in [0.5, 0.6) is 0 Å². The second-order valence-electron chi connectivity index (χ2n) is 5.75. The first-order valence-electron chi connectivity index (χ1n) is 7.89. The number of hydrogen-bond donors (Lipinski definition) is 2. The van der Waals surface area contributed by atoms with Crippen molar-refractivity contribution in [2.24, 2.45) is 0 Å². The standard InChI is InChI=1S/C18H17FN4O2.ClH/c1-11-6-13(7-14(9-20)22-11)18(24)23-16-3-2-12(8-15(16)19)17-10-21-4-5-25-17;/h2-3,6-8,17,21H,4-5,10H2,1H3,(H,23,24);1H. The van der Waals surface area contributed by atoms with Gasteiger partial charge in [-0.25, -0.2) is 9.37 Å². The largest absolute Gasteiger partial charge is 0.371 e. The molecule has 1 aliphatic rings. The van der Waals surface area contributed by atoms with Crippen molar-refractivity contribution in [1.82, 2.24) is 10.3 Å². The van der Waals surface area contributed by atoms with E-state index in [2.05, 4.69) is 15.6 Å². The quantitative estimate of drug-likeness (QED) is 0.860. The summed E-state index contributed by atoms with van der Waals surface area (Å²) in [5, 5.41) is 14.7. The third-order valence-electron chi connectivity index (χ3n) is 3.87. The molecule has 1 amide bonds. The van der Waals surface area contributed by atoms with Crippen molar-refractivity contribution < 1.29 is 13.9 Å². The van der Waals surface area contributed by atoms with Gasteiger partial charge in [0.2, 0.25) is 0 Å². The number of hydrogen-bond acceptors (Lipinski definition) is 5. The summed E-state index contributed by atoms with van der Waals surface area (Å²) in [5.74, 6) is -1.03. The van der Waals surface area contributed by atoms with Gasteiger partial charge in [-0.05, 0) is 36.8 Å². The Hall–Kier alpha value is -2.53. The molecule has 0 aliphatic carbocycles.